The molecule has 0 aliphatic carbocycles. The second kappa shape index (κ2) is 5.61. The van der Waals surface area contributed by atoms with E-state index in [9.17, 15) is 5.11 Å². The molecule has 1 unspecified atom stereocenters. The highest BCUT2D eigenvalue weighted by molar-refractivity contribution is 4.54. The molecule has 0 aliphatic rings. The van der Waals surface area contributed by atoms with Gasteiger partial charge in [-0.15, -0.1) is 0 Å². The molecule has 0 aromatic carbocycles. The first-order valence-electron chi connectivity index (χ1n) is 5.56. The number of nitrogens with zero attached hydrogens (tertiary/aromatic N) is 1. The summed E-state index contributed by atoms with van der Waals surface area (Å²) in [6.07, 6.45) is 0.731. The molecule has 2 heteroatoms. The normalized spacial score (nSPS) is 15.0. The summed E-state index contributed by atoms with van der Waals surface area (Å²) in [5.74, 6) is 0. The Bertz CT molecular complexity index is 130. The predicted molar refractivity (Wildman–Crippen MR) is 57.6 cm³/mol. The van der Waals surface area contributed by atoms with Crippen LogP contribution in [0, 0.1) is 0 Å². The fourth-order valence-electron chi connectivity index (χ4n) is 1.97. The molecule has 0 fully saturated rings. The van der Waals surface area contributed by atoms with Crippen LogP contribution in [0.25, 0.3) is 0 Å². The van der Waals surface area contributed by atoms with E-state index in [0.717, 1.165) is 30.5 Å². The lowest BCUT2D eigenvalue weighted by Gasteiger charge is -2.42. The van der Waals surface area contributed by atoms with Crippen molar-refractivity contribution in [3.63, 3.8) is 0 Å². The van der Waals surface area contributed by atoms with Gasteiger partial charge in [0.1, 0.15) is 12.6 Å². The van der Waals surface area contributed by atoms with Crippen molar-refractivity contribution in [2.24, 2.45) is 0 Å². The van der Waals surface area contributed by atoms with E-state index < -0.39 is 0 Å². The van der Waals surface area contributed by atoms with Gasteiger partial charge >= 0.3 is 0 Å². The summed E-state index contributed by atoms with van der Waals surface area (Å²) in [7, 11) is 0. The molecule has 13 heavy (non-hydrogen) atoms. The van der Waals surface area contributed by atoms with Gasteiger partial charge in [-0.1, -0.05) is 6.92 Å². The molecule has 0 aromatic heterocycles. The molecule has 0 amide bonds. The van der Waals surface area contributed by atoms with Gasteiger partial charge in [-0.2, -0.15) is 0 Å². The summed E-state index contributed by atoms with van der Waals surface area (Å²) < 4.78 is 1.04. The van der Waals surface area contributed by atoms with Crippen molar-refractivity contribution in [1.82, 2.24) is 0 Å². The van der Waals surface area contributed by atoms with Crippen molar-refractivity contribution in [2.75, 3.05) is 19.6 Å². The molecular weight excluding hydrogens is 162 g/mol. The first kappa shape index (κ1) is 12.9. The van der Waals surface area contributed by atoms with Crippen LogP contribution in [0.1, 0.15) is 41.0 Å². The zero-order valence-electron chi connectivity index (χ0n) is 9.88. The van der Waals surface area contributed by atoms with Crippen molar-refractivity contribution >= 4 is 0 Å². The Hall–Kier alpha value is -0.0800. The molecule has 0 aromatic rings. The molecule has 0 radical (unpaired) electrons. The molecule has 2 nitrogen and oxygen atoms in total. The van der Waals surface area contributed by atoms with Crippen molar-refractivity contribution in [3.05, 3.63) is 0 Å². The van der Waals surface area contributed by atoms with E-state index in [1.165, 1.54) is 0 Å². The first-order chi connectivity index (χ1) is 6.02. The minimum Gasteiger partial charge on any atom is -0.387 e. The minimum atomic E-state index is -0.137. The lowest BCUT2D eigenvalue weighted by Crippen LogP contribution is -2.56. The Morgan fingerprint density at radius 1 is 1.08 bits per heavy atom. The summed E-state index contributed by atoms with van der Waals surface area (Å²) >= 11 is 0. The van der Waals surface area contributed by atoms with Crippen LogP contribution in [0.2, 0.25) is 0 Å². The maximum atomic E-state index is 9.69. The molecule has 0 heterocycles. The number of quaternary nitrogens is 1. The standard InChI is InChI=1S/C11H26NO/c1-6-11(13)9-12(7-2,8-3)10(4)5/h10-11,13H,6-9H2,1-5H3/q+1. The van der Waals surface area contributed by atoms with Crippen LogP contribution >= 0.6 is 0 Å². The van der Waals surface area contributed by atoms with Crippen LogP contribution in [0.4, 0.5) is 0 Å². The highest BCUT2D eigenvalue weighted by Crippen LogP contribution is 2.15. The zero-order chi connectivity index (χ0) is 10.5. The molecule has 0 aliphatic heterocycles. The Balaban J connectivity index is 4.38. The van der Waals surface area contributed by atoms with Gasteiger partial charge in [-0.25, -0.2) is 0 Å². The number of hydrogen-bond acceptors (Lipinski definition) is 1. The Morgan fingerprint density at radius 2 is 1.54 bits per heavy atom. The van der Waals surface area contributed by atoms with Gasteiger partial charge in [0.2, 0.25) is 0 Å². The number of hydrogen-bond donors (Lipinski definition) is 1. The molecule has 0 saturated heterocycles. The van der Waals surface area contributed by atoms with Crippen molar-refractivity contribution < 1.29 is 9.59 Å². The molecule has 1 atom stereocenters. The summed E-state index contributed by atoms with van der Waals surface area (Å²) in [6.45, 7) is 14.1. The number of rotatable bonds is 6. The van der Waals surface area contributed by atoms with E-state index in [-0.39, 0.29) is 6.10 Å². The number of aliphatic hydroxyl groups excluding tert-OH is 1. The highest BCUT2D eigenvalue weighted by atomic mass is 16.3. The first-order valence-corrected chi connectivity index (χ1v) is 5.56. The van der Waals surface area contributed by atoms with E-state index in [1.54, 1.807) is 0 Å². The van der Waals surface area contributed by atoms with Gasteiger partial charge in [0, 0.05) is 0 Å². The minimum absolute atomic E-state index is 0.137. The maximum Gasteiger partial charge on any atom is 0.105 e. The average molecular weight is 188 g/mol. The molecule has 0 spiro atoms. The van der Waals surface area contributed by atoms with Gasteiger partial charge in [-0.05, 0) is 34.1 Å². The van der Waals surface area contributed by atoms with Crippen molar-refractivity contribution in [3.8, 4) is 0 Å². The van der Waals surface area contributed by atoms with Crippen LogP contribution in [-0.4, -0.2) is 41.4 Å². The largest absolute Gasteiger partial charge is 0.387 e. The quantitative estimate of drug-likeness (QED) is 0.632. The second-order valence-corrected chi connectivity index (χ2v) is 4.19. The Morgan fingerprint density at radius 3 is 1.77 bits per heavy atom. The van der Waals surface area contributed by atoms with E-state index in [1.807, 2.05) is 6.92 Å². The van der Waals surface area contributed by atoms with E-state index in [0.29, 0.717) is 6.04 Å². The van der Waals surface area contributed by atoms with Gasteiger partial charge in [0.05, 0.1) is 19.1 Å². The molecule has 80 valence electrons. The lowest BCUT2D eigenvalue weighted by molar-refractivity contribution is -0.947. The predicted octanol–water partition coefficient (Wildman–Crippen LogP) is 2.02. The fraction of sp³-hybridized carbons (Fsp3) is 1.00. The third-order valence-corrected chi connectivity index (χ3v) is 3.40. The van der Waals surface area contributed by atoms with E-state index in [4.69, 9.17) is 0 Å². The molecule has 0 bridgehead atoms. The van der Waals surface area contributed by atoms with E-state index in [2.05, 4.69) is 27.7 Å². The maximum absolute atomic E-state index is 9.69. The van der Waals surface area contributed by atoms with Crippen LogP contribution in [0.3, 0.4) is 0 Å². The van der Waals surface area contributed by atoms with E-state index >= 15 is 0 Å². The SMILES string of the molecule is CCC(O)C[N+](CC)(CC)C(C)C. The third-order valence-electron chi connectivity index (χ3n) is 3.40. The summed E-state index contributed by atoms with van der Waals surface area (Å²) in [5.41, 5.74) is 0. The van der Waals surface area contributed by atoms with Crippen LogP contribution in [0.15, 0.2) is 0 Å². The van der Waals surface area contributed by atoms with Crippen LogP contribution in [0.5, 0.6) is 0 Å². The van der Waals surface area contributed by atoms with Gasteiger partial charge in [0.15, 0.2) is 0 Å². The van der Waals surface area contributed by atoms with Gasteiger partial charge in [-0.3, -0.25) is 0 Å². The molecule has 1 N–H and O–H groups in total. The average Bonchev–Trinajstić information content (AvgIpc) is 2.13. The highest BCUT2D eigenvalue weighted by Gasteiger charge is 2.29. The second-order valence-electron chi connectivity index (χ2n) is 4.19. The van der Waals surface area contributed by atoms with Crippen LogP contribution < -0.4 is 0 Å². The smallest absolute Gasteiger partial charge is 0.105 e. The number of likely N-dealkylation sites (N-methyl/N-ethyl adjacent to an activating group) is 1. The van der Waals surface area contributed by atoms with Gasteiger partial charge < -0.3 is 9.59 Å². The van der Waals surface area contributed by atoms with Crippen molar-refractivity contribution in [1.29, 1.82) is 0 Å². The summed E-state index contributed by atoms with van der Waals surface area (Å²) in [5, 5.41) is 9.69. The lowest BCUT2D eigenvalue weighted by atomic mass is 10.1. The summed E-state index contributed by atoms with van der Waals surface area (Å²) in [4.78, 5) is 0. The Kier molecular flexibility index (Phi) is 5.57. The zero-order valence-corrected chi connectivity index (χ0v) is 9.88. The van der Waals surface area contributed by atoms with Crippen LogP contribution in [-0.2, 0) is 0 Å². The Labute approximate surface area is 83.2 Å². The monoisotopic (exact) mass is 188 g/mol. The molecule has 0 saturated carbocycles. The molecule has 0 rings (SSSR count). The van der Waals surface area contributed by atoms with Gasteiger partial charge in [0.25, 0.3) is 0 Å². The molecular formula is C11H26NO+. The fourth-order valence-corrected chi connectivity index (χ4v) is 1.97. The number of aliphatic hydroxyl groups is 1. The summed E-state index contributed by atoms with van der Waals surface area (Å²) in [6, 6.07) is 0.608. The van der Waals surface area contributed by atoms with Crippen molar-refractivity contribution in [2.45, 2.75) is 53.2 Å². The topological polar surface area (TPSA) is 20.2 Å². The third kappa shape index (κ3) is 3.28.